The van der Waals surface area contributed by atoms with Gasteiger partial charge in [0.1, 0.15) is 25.6 Å². The van der Waals surface area contributed by atoms with Gasteiger partial charge >= 0.3 is 0 Å². The summed E-state index contributed by atoms with van der Waals surface area (Å²) in [7, 11) is 6.26. The number of hydrogen-bond donors (Lipinski definition) is 0. The minimum absolute atomic E-state index is 0.0325. The normalized spacial score (nSPS) is 16.3. The molecule has 2 heterocycles. The Morgan fingerprint density at radius 1 is 1.06 bits per heavy atom. The number of nitrogens with zero attached hydrogens (tertiary/aromatic N) is 2. The molecule has 0 atom stereocenters. The monoisotopic (exact) mass is 427 g/mol. The second-order valence-corrected chi connectivity index (χ2v) is 9.60. The van der Waals surface area contributed by atoms with Gasteiger partial charge in [-0.1, -0.05) is 45.4 Å². The number of aryl methyl sites for hydroxylation is 2. The molecule has 1 aromatic carbocycles. The van der Waals surface area contributed by atoms with Crippen LogP contribution in [0.2, 0.25) is 0 Å². The van der Waals surface area contributed by atoms with Gasteiger partial charge in [0, 0.05) is 35.5 Å². The minimum atomic E-state index is -0.0325. The summed E-state index contributed by atoms with van der Waals surface area (Å²) in [4.78, 5) is 2.32. The maximum absolute atomic E-state index is 6.23. The Labute approximate surface area is 192 Å². The summed E-state index contributed by atoms with van der Waals surface area (Å²) in [5, 5.41) is 1.14. The predicted octanol–water partition coefficient (Wildman–Crippen LogP) is 6.00. The molecule has 0 fully saturated rings. The van der Waals surface area contributed by atoms with Crippen molar-refractivity contribution >= 4 is 11.8 Å². The van der Waals surface area contributed by atoms with Crippen LogP contribution in [-0.2, 0) is 11.8 Å². The first-order valence-electron chi connectivity index (χ1n) is 11.5. The third-order valence-electron chi connectivity index (χ3n) is 6.64. The highest BCUT2D eigenvalue weighted by molar-refractivity contribution is 5.71. The molecule has 0 radical (unpaired) electrons. The molecule has 4 rings (SSSR count). The summed E-state index contributed by atoms with van der Waals surface area (Å²) >= 11 is 0. The van der Waals surface area contributed by atoms with Crippen LogP contribution < -0.4 is 14.8 Å². The van der Waals surface area contributed by atoms with Crippen molar-refractivity contribution in [2.75, 3.05) is 26.0 Å². The van der Waals surface area contributed by atoms with Gasteiger partial charge in [-0.25, -0.2) is 4.58 Å². The Bertz CT molecular complexity index is 1250. The molecule has 2 aliphatic heterocycles. The lowest BCUT2D eigenvalue weighted by molar-refractivity contribution is 0.551. The van der Waals surface area contributed by atoms with E-state index in [-0.39, 0.29) is 5.41 Å². The molecule has 3 aliphatic rings. The van der Waals surface area contributed by atoms with Crippen molar-refractivity contribution < 1.29 is 4.42 Å². The van der Waals surface area contributed by atoms with E-state index in [1.54, 1.807) is 0 Å². The SMILES string of the molecule is CCCc1ccc2c(c1)C(C)(C)/C(=C\C=C\c1cc(C)c3ccc(=[N+](C)C)cc-3o1)N2C. The van der Waals surface area contributed by atoms with Gasteiger partial charge in [-0.3, -0.25) is 0 Å². The average molecular weight is 428 g/mol. The molecule has 1 aromatic rings. The van der Waals surface area contributed by atoms with Crippen molar-refractivity contribution in [2.45, 2.75) is 46.0 Å². The summed E-state index contributed by atoms with van der Waals surface area (Å²) in [5.74, 6) is 1.78. The van der Waals surface area contributed by atoms with Crippen LogP contribution in [0.5, 0.6) is 0 Å². The summed E-state index contributed by atoms with van der Waals surface area (Å²) in [6.45, 7) is 9.01. The van der Waals surface area contributed by atoms with Crippen LogP contribution in [0, 0.1) is 6.92 Å². The minimum Gasteiger partial charge on any atom is -0.456 e. The van der Waals surface area contributed by atoms with Crippen LogP contribution in [0.3, 0.4) is 0 Å². The molecule has 0 spiro atoms. The molecule has 32 heavy (non-hydrogen) atoms. The van der Waals surface area contributed by atoms with Gasteiger partial charge in [-0.15, -0.1) is 0 Å². The fourth-order valence-corrected chi connectivity index (χ4v) is 4.79. The van der Waals surface area contributed by atoms with E-state index in [2.05, 4.69) is 105 Å². The molecule has 166 valence electrons. The Morgan fingerprint density at radius 3 is 2.56 bits per heavy atom. The lowest BCUT2D eigenvalue weighted by Gasteiger charge is -2.23. The molecular weight excluding hydrogens is 392 g/mol. The van der Waals surface area contributed by atoms with E-state index < -0.39 is 0 Å². The molecular formula is C29H35N2O+. The quantitative estimate of drug-likeness (QED) is 0.476. The lowest BCUT2D eigenvalue weighted by atomic mass is 9.82. The predicted molar refractivity (Wildman–Crippen MR) is 136 cm³/mol. The molecule has 3 nitrogen and oxygen atoms in total. The maximum atomic E-state index is 6.23. The third-order valence-corrected chi connectivity index (χ3v) is 6.64. The largest absolute Gasteiger partial charge is 0.456 e. The van der Waals surface area contributed by atoms with Crippen molar-refractivity contribution in [3.8, 4) is 11.3 Å². The van der Waals surface area contributed by atoms with Crippen LogP contribution in [0.25, 0.3) is 17.4 Å². The molecule has 0 N–H and O–H groups in total. The number of rotatable bonds is 4. The van der Waals surface area contributed by atoms with Crippen molar-refractivity contribution in [2.24, 2.45) is 0 Å². The van der Waals surface area contributed by atoms with Crippen molar-refractivity contribution in [1.29, 1.82) is 0 Å². The second kappa shape index (κ2) is 8.46. The van der Waals surface area contributed by atoms with Crippen LogP contribution in [0.1, 0.15) is 49.6 Å². The van der Waals surface area contributed by atoms with E-state index in [4.69, 9.17) is 4.42 Å². The highest BCUT2D eigenvalue weighted by atomic mass is 16.3. The molecule has 3 heteroatoms. The molecule has 1 aliphatic carbocycles. The Hall–Kier alpha value is -3.07. The molecule has 0 amide bonds. The fraction of sp³-hybridized carbons (Fsp3) is 0.345. The van der Waals surface area contributed by atoms with E-state index in [0.29, 0.717) is 0 Å². The number of fused-ring (bicyclic) bond motifs is 2. The van der Waals surface area contributed by atoms with Gasteiger partial charge in [0.25, 0.3) is 0 Å². The zero-order valence-corrected chi connectivity index (χ0v) is 20.5. The summed E-state index contributed by atoms with van der Waals surface area (Å²) in [5.41, 5.74) is 7.77. The van der Waals surface area contributed by atoms with Crippen LogP contribution in [0.15, 0.2) is 64.7 Å². The smallest absolute Gasteiger partial charge is 0.203 e. The Morgan fingerprint density at radius 2 is 1.84 bits per heavy atom. The summed E-state index contributed by atoms with van der Waals surface area (Å²) < 4.78 is 8.32. The first-order chi connectivity index (χ1) is 15.2. The fourth-order valence-electron chi connectivity index (χ4n) is 4.79. The van der Waals surface area contributed by atoms with Crippen molar-refractivity contribution in [3.63, 3.8) is 0 Å². The molecule has 0 bridgehead atoms. The number of benzene rings is 2. The number of likely N-dealkylation sites (N-methyl/N-ethyl adjacent to an activating group) is 1. The van der Waals surface area contributed by atoms with E-state index in [9.17, 15) is 0 Å². The van der Waals surface area contributed by atoms with Crippen LogP contribution >= 0.6 is 0 Å². The maximum Gasteiger partial charge on any atom is 0.203 e. The van der Waals surface area contributed by atoms with Crippen LogP contribution in [-0.4, -0.2) is 21.1 Å². The van der Waals surface area contributed by atoms with Crippen molar-refractivity contribution in [3.05, 3.63) is 88.1 Å². The molecule has 0 unspecified atom stereocenters. The van der Waals surface area contributed by atoms with Gasteiger partial charge in [0.05, 0.1) is 6.07 Å². The number of anilines is 1. The highest BCUT2D eigenvalue weighted by Crippen LogP contribution is 2.47. The van der Waals surface area contributed by atoms with Gasteiger partial charge in [0.2, 0.25) is 5.36 Å². The standard InChI is InChI=1S/C29H35N2O/c1-8-10-21-13-16-26-25(18-21)29(3,4)28(31(26)7)12-9-11-23-17-20(2)24-15-14-22(30(5)6)19-27(24)32-23/h9,11-19H,8,10H2,1-7H3/q+1. The lowest BCUT2D eigenvalue weighted by Crippen LogP contribution is -2.22. The average Bonchev–Trinajstić information content (AvgIpc) is 2.94. The zero-order chi connectivity index (χ0) is 23.0. The summed E-state index contributed by atoms with van der Waals surface area (Å²) in [6, 6.07) is 15.4. The zero-order valence-electron chi connectivity index (χ0n) is 20.5. The van der Waals surface area contributed by atoms with E-state index >= 15 is 0 Å². The summed E-state index contributed by atoms with van der Waals surface area (Å²) in [6.07, 6.45) is 8.71. The Kier molecular flexibility index (Phi) is 5.85. The first kappa shape index (κ1) is 22.1. The van der Waals surface area contributed by atoms with Gasteiger partial charge in [0.15, 0.2) is 0 Å². The topological polar surface area (TPSA) is 19.4 Å². The second-order valence-electron chi connectivity index (χ2n) is 9.60. The highest BCUT2D eigenvalue weighted by Gasteiger charge is 2.38. The third kappa shape index (κ3) is 3.92. The van der Waals surface area contributed by atoms with Gasteiger partial charge in [-0.05, 0) is 60.4 Å². The van der Waals surface area contributed by atoms with E-state index in [1.807, 2.05) is 14.1 Å². The van der Waals surface area contributed by atoms with Crippen LogP contribution in [0.4, 0.5) is 5.69 Å². The number of hydrogen-bond acceptors (Lipinski definition) is 2. The van der Waals surface area contributed by atoms with E-state index in [1.165, 1.54) is 34.5 Å². The molecule has 0 aromatic heterocycles. The first-order valence-corrected chi connectivity index (χ1v) is 11.5. The van der Waals surface area contributed by atoms with Crippen molar-refractivity contribution in [1.82, 2.24) is 4.58 Å². The molecule has 0 saturated heterocycles. The number of allylic oxidation sites excluding steroid dienone is 3. The van der Waals surface area contributed by atoms with Gasteiger partial charge < -0.3 is 9.32 Å². The Balaban J connectivity index is 1.68. The molecule has 0 saturated carbocycles. The van der Waals surface area contributed by atoms with E-state index in [0.717, 1.165) is 28.9 Å². The van der Waals surface area contributed by atoms with Gasteiger partial charge in [-0.2, -0.15) is 0 Å².